The first kappa shape index (κ1) is 14.1. The lowest BCUT2D eigenvalue weighted by atomic mass is 10.0. The van der Waals surface area contributed by atoms with Crippen molar-refractivity contribution in [3.05, 3.63) is 57.2 Å². The topological polar surface area (TPSA) is 15.3 Å². The minimum Gasteiger partial charge on any atom is -0.315 e. The van der Waals surface area contributed by atoms with Gasteiger partial charge in [0, 0.05) is 29.5 Å². The SMILES string of the molecule is Clc1ccc(C(c2cccs2)N2CCCNCC2)cc1. The molecule has 1 aromatic heterocycles. The Kier molecular flexibility index (Phi) is 4.73. The van der Waals surface area contributed by atoms with Gasteiger partial charge >= 0.3 is 0 Å². The van der Waals surface area contributed by atoms with E-state index in [1.165, 1.54) is 16.9 Å². The minimum atomic E-state index is 0.354. The Morgan fingerprint density at radius 2 is 1.95 bits per heavy atom. The summed E-state index contributed by atoms with van der Waals surface area (Å²) in [4.78, 5) is 3.99. The molecule has 0 aliphatic carbocycles. The van der Waals surface area contributed by atoms with Crippen LogP contribution in [0.2, 0.25) is 5.02 Å². The number of hydrogen-bond acceptors (Lipinski definition) is 3. The molecule has 2 nitrogen and oxygen atoms in total. The summed E-state index contributed by atoms with van der Waals surface area (Å²) >= 11 is 7.87. The van der Waals surface area contributed by atoms with Crippen LogP contribution >= 0.6 is 22.9 Å². The van der Waals surface area contributed by atoms with Crippen LogP contribution in [-0.2, 0) is 0 Å². The highest BCUT2D eigenvalue weighted by atomic mass is 35.5. The van der Waals surface area contributed by atoms with Crippen molar-refractivity contribution in [1.82, 2.24) is 10.2 Å². The monoisotopic (exact) mass is 306 g/mol. The normalized spacial score (nSPS) is 18.6. The minimum absolute atomic E-state index is 0.354. The van der Waals surface area contributed by atoms with Gasteiger partial charge in [0.15, 0.2) is 0 Å². The second-order valence-corrected chi connectivity index (χ2v) is 6.52. The van der Waals surface area contributed by atoms with Gasteiger partial charge in [0.1, 0.15) is 0 Å². The van der Waals surface area contributed by atoms with Crippen LogP contribution in [0.5, 0.6) is 0 Å². The first-order valence-electron chi connectivity index (χ1n) is 7.08. The lowest BCUT2D eigenvalue weighted by molar-refractivity contribution is 0.244. The predicted octanol–water partition coefficient (Wildman–Crippen LogP) is 3.79. The number of rotatable bonds is 3. The molecule has 3 rings (SSSR count). The van der Waals surface area contributed by atoms with Gasteiger partial charge in [0.05, 0.1) is 6.04 Å². The highest BCUT2D eigenvalue weighted by Gasteiger charge is 2.23. The van der Waals surface area contributed by atoms with Crippen molar-refractivity contribution in [3.8, 4) is 0 Å². The van der Waals surface area contributed by atoms with E-state index in [1.807, 2.05) is 23.5 Å². The quantitative estimate of drug-likeness (QED) is 0.928. The molecule has 1 aliphatic heterocycles. The number of thiophene rings is 1. The molecular formula is C16H19ClN2S. The van der Waals surface area contributed by atoms with Crippen molar-refractivity contribution in [3.63, 3.8) is 0 Å². The van der Waals surface area contributed by atoms with Gasteiger partial charge in [-0.25, -0.2) is 0 Å². The molecule has 1 fully saturated rings. The average Bonchev–Trinajstić information content (AvgIpc) is 2.85. The lowest BCUT2D eigenvalue weighted by Gasteiger charge is -2.30. The Hall–Kier alpha value is -0.870. The van der Waals surface area contributed by atoms with Gasteiger partial charge < -0.3 is 5.32 Å². The van der Waals surface area contributed by atoms with E-state index in [1.54, 1.807) is 0 Å². The third-order valence-corrected chi connectivity index (χ3v) is 4.91. The van der Waals surface area contributed by atoms with Crippen LogP contribution in [0.25, 0.3) is 0 Å². The van der Waals surface area contributed by atoms with Crippen molar-refractivity contribution in [1.29, 1.82) is 0 Å². The number of nitrogens with zero attached hydrogens (tertiary/aromatic N) is 1. The van der Waals surface area contributed by atoms with Gasteiger partial charge in [-0.3, -0.25) is 4.90 Å². The molecule has 20 heavy (non-hydrogen) atoms. The van der Waals surface area contributed by atoms with Crippen LogP contribution in [0.4, 0.5) is 0 Å². The van der Waals surface area contributed by atoms with Crippen LogP contribution in [0.15, 0.2) is 41.8 Å². The van der Waals surface area contributed by atoms with E-state index in [-0.39, 0.29) is 0 Å². The van der Waals surface area contributed by atoms with E-state index >= 15 is 0 Å². The summed E-state index contributed by atoms with van der Waals surface area (Å²) in [5.41, 5.74) is 1.33. The number of hydrogen-bond donors (Lipinski definition) is 1. The maximum Gasteiger partial charge on any atom is 0.0696 e. The molecule has 0 spiro atoms. The summed E-state index contributed by atoms with van der Waals surface area (Å²) in [6.45, 7) is 4.41. The molecule has 4 heteroatoms. The summed E-state index contributed by atoms with van der Waals surface area (Å²) in [5, 5.41) is 6.44. The molecule has 1 N–H and O–H groups in total. The van der Waals surface area contributed by atoms with Gasteiger partial charge in [0.2, 0.25) is 0 Å². The van der Waals surface area contributed by atoms with E-state index < -0.39 is 0 Å². The Morgan fingerprint density at radius 1 is 1.10 bits per heavy atom. The fourth-order valence-corrected chi connectivity index (χ4v) is 3.78. The van der Waals surface area contributed by atoms with Gasteiger partial charge in [-0.05, 0) is 42.1 Å². The van der Waals surface area contributed by atoms with E-state index in [9.17, 15) is 0 Å². The number of benzene rings is 1. The summed E-state index contributed by atoms with van der Waals surface area (Å²) in [6, 6.07) is 13.0. The second kappa shape index (κ2) is 6.72. The number of nitrogens with one attached hydrogen (secondary N) is 1. The molecule has 0 amide bonds. The largest absolute Gasteiger partial charge is 0.315 e. The first-order chi connectivity index (χ1) is 9.84. The Balaban J connectivity index is 1.93. The lowest BCUT2D eigenvalue weighted by Crippen LogP contribution is -2.32. The molecule has 0 saturated carbocycles. The van der Waals surface area contributed by atoms with Crippen molar-refractivity contribution in [2.45, 2.75) is 12.5 Å². The van der Waals surface area contributed by atoms with Gasteiger partial charge in [0.25, 0.3) is 0 Å². The maximum atomic E-state index is 6.03. The van der Waals surface area contributed by atoms with Crippen LogP contribution in [-0.4, -0.2) is 31.1 Å². The van der Waals surface area contributed by atoms with Gasteiger partial charge in [-0.1, -0.05) is 29.8 Å². The summed E-state index contributed by atoms with van der Waals surface area (Å²) in [6.07, 6.45) is 1.20. The Morgan fingerprint density at radius 3 is 2.70 bits per heavy atom. The molecule has 1 atom stereocenters. The third-order valence-electron chi connectivity index (χ3n) is 3.74. The van der Waals surface area contributed by atoms with Crippen molar-refractivity contribution in [2.75, 3.05) is 26.2 Å². The smallest absolute Gasteiger partial charge is 0.0696 e. The average molecular weight is 307 g/mol. The van der Waals surface area contributed by atoms with E-state index in [2.05, 4.69) is 39.9 Å². The van der Waals surface area contributed by atoms with Gasteiger partial charge in [-0.15, -0.1) is 11.3 Å². The van der Waals surface area contributed by atoms with Crippen LogP contribution in [0.1, 0.15) is 22.9 Å². The molecule has 2 heterocycles. The third kappa shape index (κ3) is 3.23. The second-order valence-electron chi connectivity index (χ2n) is 5.11. The predicted molar refractivity (Wildman–Crippen MR) is 86.7 cm³/mol. The molecule has 0 bridgehead atoms. The maximum absolute atomic E-state index is 6.03. The molecule has 1 unspecified atom stereocenters. The van der Waals surface area contributed by atoms with Crippen molar-refractivity contribution >= 4 is 22.9 Å². The zero-order valence-corrected chi connectivity index (χ0v) is 13.0. The Labute approximate surface area is 129 Å². The highest BCUT2D eigenvalue weighted by molar-refractivity contribution is 7.10. The van der Waals surface area contributed by atoms with E-state index in [0.717, 1.165) is 31.2 Å². The fraction of sp³-hybridized carbons (Fsp3) is 0.375. The standard InChI is InChI=1S/C16H19ClN2S/c17-14-6-4-13(5-7-14)16(15-3-1-12-20-15)19-10-2-8-18-9-11-19/h1,3-7,12,16,18H,2,8-11H2. The van der Waals surface area contributed by atoms with Crippen LogP contribution in [0.3, 0.4) is 0 Å². The zero-order valence-electron chi connectivity index (χ0n) is 11.4. The van der Waals surface area contributed by atoms with E-state index in [0.29, 0.717) is 6.04 Å². The van der Waals surface area contributed by atoms with Crippen LogP contribution in [0, 0.1) is 0 Å². The highest BCUT2D eigenvalue weighted by Crippen LogP contribution is 2.32. The molecule has 1 aliphatic rings. The molecule has 2 aromatic rings. The van der Waals surface area contributed by atoms with E-state index in [4.69, 9.17) is 11.6 Å². The fourth-order valence-electron chi connectivity index (χ4n) is 2.77. The molecular weight excluding hydrogens is 288 g/mol. The van der Waals surface area contributed by atoms with Gasteiger partial charge in [-0.2, -0.15) is 0 Å². The van der Waals surface area contributed by atoms with Crippen molar-refractivity contribution in [2.24, 2.45) is 0 Å². The summed E-state index contributed by atoms with van der Waals surface area (Å²) in [5.74, 6) is 0. The summed E-state index contributed by atoms with van der Waals surface area (Å²) in [7, 11) is 0. The Bertz CT molecular complexity index is 516. The van der Waals surface area contributed by atoms with Crippen LogP contribution < -0.4 is 5.32 Å². The first-order valence-corrected chi connectivity index (χ1v) is 8.34. The molecule has 0 radical (unpaired) electrons. The molecule has 106 valence electrons. The zero-order chi connectivity index (χ0) is 13.8. The molecule has 1 aromatic carbocycles. The van der Waals surface area contributed by atoms with Crippen molar-refractivity contribution < 1.29 is 0 Å². The molecule has 1 saturated heterocycles. The number of halogens is 1. The summed E-state index contributed by atoms with van der Waals surface area (Å²) < 4.78 is 0.